The zero-order valence-electron chi connectivity index (χ0n) is 47.8. The van der Waals surface area contributed by atoms with Gasteiger partial charge in [0.15, 0.2) is 0 Å². The highest BCUT2D eigenvalue weighted by Gasteiger charge is 2.35. The summed E-state index contributed by atoms with van der Waals surface area (Å²) in [6, 6.07) is 8.48. The zero-order valence-corrected chi connectivity index (χ0v) is 47.8. The number of hydrogen-bond acceptors (Lipinski definition) is 15. The van der Waals surface area contributed by atoms with Crippen molar-refractivity contribution in [1.82, 2.24) is 62.8 Å². The standard InChI is InChI=1S/C58H71N13O17/c1-29(2)17-41(53(82)71-46(28-73)57(86)67-40(15-16-49(76)77)52(81)64-26-48(75)66-45(27-72)56(85)70-44(58(87)88)20-32-24-62-39-14-8-5-11-35(32)39)68-55(84)43(19-31-23-61-38-13-7-4-10-34(31)38)69-54(83)42(18-30-22-60-37-12-6-3-9-33(30)37)65-47(74)25-63-51(80)36(59)21-50(78)79/h3-14,22-24,29,36,40-46,60-62,72-73H,15-21,25-28,59H2,1-2H3,(H,63,80)(H,64,81)(H,65,74)(H,66,75)(H,67,86)(H,68,84)(H,69,83)(H,70,85)(H,71,82)(H,76,77)(H,78,79)(H,87,88)/t36-,40-,41-,42-,43-,44-,45-,46-/m0/s1. The third-order valence-corrected chi connectivity index (χ3v) is 14.0. The molecule has 0 unspecified atom stereocenters. The maximum atomic E-state index is 14.7. The van der Waals surface area contributed by atoms with Gasteiger partial charge in [-0.2, -0.15) is 0 Å². The van der Waals surface area contributed by atoms with Crippen LogP contribution in [0.15, 0.2) is 91.4 Å². The van der Waals surface area contributed by atoms with Gasteiger partial charge in [-0.15, -0.1) is 0 Å². The van der Waals surface area contributed by atoms with E-state index in [0.29, 0.717) is 43.9 Å². The molecule has 0 saturated carbocycles. The monoisotopic (exact) mass is 1220 g/mol. The first-order chi connectivity index (χ1) is 41.9. The molecule has 8 atom stereocenters. The molecule has 470 valence electrons. The Morgan fingerprint density at radius 3 is 1.25 bits per heavy atom. The van der Waals surface area contributed by atoms with E-state index in [2.05, 4.69) is 62.8 Å². The van der Waals surface area contributed by atoms with Crippen LogP contribution in [0.2, 0.25) is 0 Å². The zero-order chi connectivity index (χ0) is 64.2. The van der Waals surface area contributed by atoms with E-state index in [1.54, 1.807) is 105 Å². The number of amides is 9. The second kappa shape index (κ2) is 31.8. The molecule has 30 heteroatoms. The van der Waals surface area contributed by atoms with E-state index < -0.39 is 165 Å². The Kier molecular flexibility index (Phi) is 24.2. The minimum absolute atomic E-state index is 0.0954. The predicted octanol–water partition coefficient (Wildman–Crippen LogP) is -2.43. The molecular weight excluding hydrogens is 1150 g/mol. The summed E-state index contributed by atoms with van der Waals surface area (Å²) < 4.78 is 0. The molecule has 0 bridgehead atoms. The number of H-pyrrole nitrogens is 3. The number of fused-ring (bicyclic) bond motifs is 3. The Labute approximate surface area is 501 Å². The highest BCUT2D eigenvalue weighted by molar-refractivity contribution is 5.99. The summed E-state index contributed by atoms with van der Waals surface area (Å²) in [5, 5.41) is 72.4. The van der Waals surface area contributed by atoms with Gasteiger partial charge in [-0.1, -0.05) is 68.4 Å². The Balaban J connectivity index is 1.14. The lowest BCUT2D eigenvalue weighted by Crippen LogP contribution is -2.60. The summed E-state index contributed by atoms with van der Waals surface area (Å²) in [6.45, 7) is -0.322. The van der Waals surface area contributed by atoms with Crippen LogP contribution in [0, 0.1) is 5.92 Å². The van der Waals surface area contributed by atoms with Crippen LogP contribution < -0.4 is 53.6 Å². The molecule has 0 radical (unpaired) electrons. The Hall–Kier alpha value is -10.2. The molecule has 0 aliphatic heterocycles. The van der Waals surface area contributed by atoms with Crippen molar-refractivity contribution in [3.05, 3.63) is 108 Å². The lowest BCUT2D eigenvalue weighted by atomic mass is 9.99. The van der Waals surface area contributed by atoms with Crippen LogP contribution in [-0.4, -0.2) is 186 Å². The average Bonchev–Trinajstić information content (AvgIpc) is 2.57. The van der Waals surface area contributed by atoms with Gasteiger partial charge in [0, 0.05) is 77.0 Å². The van der Waals surface area contributed by atoms with Crippen LogP contribution in [0.1, 0.15) is 56.2 Å². The Bertz CT molecular complexity index is 3520. The Morgan fingerprint density at radius 1 is 0.443 bits per heavy atom. The van der Waals surface area contributed by atoms with Gasteiger partial charge in [-0.25, -0.2) is 4.79 Å². The molecule has 3 aromatic heterocycles. The number of para-hydroxylation sites is 3. The first kappa shape index (κ1) is 66.9. The van der Waals surface area contributed by atoms with Gasteiger partial charge in [-0.05, 0) is 53.6 Å². The van der Waals surface area contributed by atoms with Crippen molar-refractivity contribution in [1.29, 1.82) is 0 Å². The van der Waals surface area contributed by atoms with Gasteiger partial charge in [0.25, 0.3) is 0 Å². The lowest BCUT2D eigenvalue weighted by Gasteiger charge is -2.27. The smallest absolute Gasteiger partial charge is 0.326 e. The van der Waals surface area contributed by atoms with E-state index in [-0.39, 0.29) is 31.6 Å². The fourth-order valence-corrected chi connectivity index (χ4v) is 9.53. The first-order valence-corrected chi connectivity index (χ1v) is 27.9. The molecule has 6 rings (SSSR count). The number of aliphatic hydroxyl groups excluding tert-OH is 2. The van der Waals surface area contributed by atoms with Crippen molar-refractivity contribution in [3.63, 3.8) is 0 Å². The van der Waals surface area contributed by atoms with E-state index in [1.165, 1.54) is 0 Å². The van der Waals surface area contributed by atoms with Crippen LogP contribution in [0.3, 0.4) is 0 Å². The highest BCUT2D eigenvalue weighted by atomic mass is 16.4. The molecule has 0 saturated heterocycles. The number of aromatic nitrogens is 3. The number of hydrogen-bond donors (Lipinski definition) is 18. The van der Waals surface area contributed by atoms with Crippen LogP contribution in [-0.2, 0) is 76.8 Å². The first-order valence-electron chi connectivity index (χ1n) is 27.9. The quantitative estimate of drug-likeness (QED) is 0.0200. The van der Waals surface area contributed by atoms with Gasteiger partial charge in [0.05, 0.1) is 38.8 Å². The van der Waals surface area contributed by atoms with Crippen molar-refractivity contribution >= 4 is 104 Å². The van der Waals surface area contributed by atoms with E-state index in [1.807, 2.05) is 0 Å². The van der Waals surface area contributed by atoms with Crippen LogP contribution in [0.25, 0.3) is 32.7 Å². The van der Waals surface area contributed by atoms with E-state index in [9.17, 15) is 78.0 Å². The number of benzene rings is 3. The van der Waals surface area contributed by atoms with Gasteiger partial charge in [0.2, 0.25) is 53.2 Å². The number of carbonyl (C=O) groups excluding carboxylic acids is 9. The molecule has 3 heterocycles. The van der Waals surface area contributed by atoms with Gasteiger partial charge < -0.3 is 94.1 Å². The number of aromatic amines is 3. The normalized spacial score (nSPS) is 14.0. The van der Waals surface area contributed by atoms with Crippen LogP contribution in [0.4, 0.5) is 0 Å². The highest BCUT2D eigenvalue weighted by Crippen LogP contribution is 2.23. The second-order valence-electron chi connectivity index (χ2n) is 21.1. The Morgan fingerprint density at radius 2 is 0.807 bits per heavy atom. The summed E-state index contributed by atoms with van der Waals surface area (Å²) in [6.07, 6.45) is 2.16. The summed E-state index contributed by atoms with van der Waals surface area (Å²) >= 11 is 0. The third kappa shape index (κ3) is 19.2. The average molecular weight is 1220 g/mol. The van der Waals surface area contributed by atoms with Crippen molar-refractivity contribution < 1.29 is 83.1 Å². The predicted molar refractivity (Wildman–Crippen MR) is 314 cm³/mol. The third-order valence-electron chi connectivity index (χ3n) is 14.0. The van der Waals surface area contributed by atoms with Crippen molar-refractivity contribution in [2.24, 2.45) is 11.7 Å². The molecule has 6 aromatic rings. The fourth-order valence-electron chi connectivity index (χ4n) is 9.53. The number of carboxylic acid groups (broad SMARTS) is 3. The van der Waals surface area contributed by atoms with Crippen molar-refractivity contribution in [2.75, 3.05) is 26.3 Å². The molecule has 30 nitrogen and oxygen atoms in total. The van der Waals surface area contributed by atoms with Gasteiger partial charge in [-0.3, -0.25) is 52.7 Å². The number of rotatable bonds is 34. The number of carbonyl (C=O) groups is 12. The molecule has 19 N–H and O–H groups in total. The topological polar surface area (TPSA) is 488 Å². The van der Waals surface area contributed by atoms with Crippen molar-refractivity contribution in [2.45, 2.75) is 107 Å². The van der Waals surface area contributed by atoms with Crippen LogP contribution in [0.5, 0.6) is 0 Å². The summed E-state index contributed by atoms with van der Waals surface area (Å²) in [5.41, 5.74) is 9.42. The van der Waals surface area contributed by atoms with E-state index in [4.69, 9.17) is 10.8 Å². The fraction of sp³-hybridized carbons (Fsp3) is 0.379. The number of nitrogens with two attached hydrogens (primary N) is 1. The summed E-state index contributed by atoms with van der Waals surface area (Å²) in [4.78, 5) is 167. The molecule has 0 spiro atoms. The minimum Gasteiger partial charge on any atom is -0.481 e. The summed E-state index contributed by atoms with van der Waals surface area (Å²) in [5.74, 6) is -13.7. The lowest BCUT2D eigenvalue weighted by molar-refractivity contribution is -0.142. The largest absolute Gasteiger partial charge is 0.481 e. The number of aliphatic carboxylic acids is 3. The molecule has 88 heavy (non-hydrogen) atoms. The summed E-state index contributed by atoms with van der Waals surface area (Å²) in [7, 11) is 0. The molecule has 0 aliphatic rings. The number of nitrogens with one attached hydrogen (secondary N) is 12. The number of carboxylic acids is 3. The van der Waals surface area contributed by atoms with Gasteiger partial charge in [0.1, 0.15) is 42.3 Å². The molecule has 9 amide bonds. The van der Waals surface area contributed by atoms with Crippen molar-refractivity contribution in [3.8, 4) is 0 Å². The van der Waals surface area contributed by atoms with E-state index in [0.717, 1.165) is 5.52 Å². The molecule has 0 aliphatic carbocycles. The van der Waals surface area contributed by atoms with E-state index >= 15 is 0 Å². The molecule has 3 aromatic carbocycles. The second-order valence-corrected chi connectivity index (χ2v) is 21.1. The maximum absolute atomic E-state index is 14.7. The molecular formula is C58H71N13O17. The SMILES string of the molecule is CC(C)C[C@H](NC(=O)[C@H](Cc1c[nH]c2ccccc12)NC(=O)[C@H](Cc1c[nH]c2ccccc12)NC(=O)CNC(=O)[C@@H](N)CC(=O)O)C(=O)N[C@@H](CO)C(=O)N[C@@H](CCC(=O)O)C(=O)NCC(=O)N[C@@H](CO)C(=O)N[C@@H](Cc1c[nH]c2ccccc12)C(=O)O. The van der Waals surface area contributed by atoms with Gasteiger partial charge >= 0.3 is 17.9 Å². The maximum Gasteiger partial charge on any atom is 0.326 e. The molecule has 0 fully saturated rings. The number of aliphatic hydroxyl groups is 2. The minimum atomic E-state index is -1.86. The van der Waals surface area contributed by atoms with Crippen LogP contribution >= 0.6 is 0 Å².